The maximum atomic E-state index is 12.4. The molecule has 2 N–H and O–H groups in total. The number of carboxylic acids is 1. The normalized spacial score (nSPS) is 18.7. The van der Waals surface area contributed by atoms with Gasteiger partial charge in [0.2, 0.25) is 5.91 Å². The number of ether oxygens (including phenoxy) is 3. The second kappa shape index (κ2) is 11.3. The number of nitrogens with zero attached hydrogens (tertiary/aromatic N) is 1. The Bertz CT molecular complexity index is 1030. The molecule has 2 atom stereocenters. The van der Waals surface area contributed by atoms with Gasteiger partial charge in [0, 0.05) is 32.2 Å². The second-order valence-electron chi connectivity index (χ2n) is 8.54. The largest absolute Gasteiger partial charge is 0.481 e. The minimum absolute atomic E-state index is 0.0161. The van der Waals surface area contributed by atoms with E-state index in [2.05, 4.69) is 29.6 Å². The van der Waals surface area contributed by atoms with Crippen molar-refractivity contribution in [2.24, 2.45) is 5.92 Å². The zero-order chi connectivity index (χ0) is 24.8. The molecule has 2 aromatic carbocycles. The van der Waals surface area contributed by atoms with Gasteiger partial charge in [-0.2, -0.15) is 0 Å². The van der Waals surface area contributed by atoms with Gasteiger partial charge in [-0.15, -0.1) is 0 Å². The molecule has 1 fully saturated rings. The van der Waals surface area contributed by atoms with Crippen LogP contribution in [0.3, 0.4) is 0 Å². The second-order valence-corrected chi connectivity index (χ2v) is 8.54. The Balaban J connectivity index is 1.17. The van der Waals surface area contributed by atoms with E-state index in [0.717, 1.165) is 22.3 Å². The zero-order valence-corrected chi connectivity index (χ0v) is 19.6. The lowest BCUT2D eigenvalue weighted by Gasteiger charge is -2.16. The summed E-state index contributed by atoms with van der Waals surface area (Å²) in [5, 5.41) is 12.0. The van der Waals surface area contributed by atoms with Gasteiger partial charge in [0.05, 0.1) is 12.7 Å². The van der Waals surface area contributed by atoms with Crippen molar-refractivity contribution in [3.05, 3.63) is 59.7 Å². The molecule has 0 spiro atoms. The van der Waals surface area contributed by atoms with Crippen molar-refractivity contribution in [2.45, 2.75) is 18.9 Å². The Hall–Kier alpha value is -3.43. The summed E-state index contributed by atoms with van der Waals surface area (Å²) >= 11 is 0. The predicted octanol–water partition coefficient (Wildman–Crippen LogP) is 2.49. The van der Waals surface area contributed by atoms with E-state index >= 15 is 0 Å². The summed E-state index contributed by atoms with van der Waals surface area (Å²) in [6.45, 7) is 2.83. The Morgan fingerprint density at radius 3 is 2.31 bits per heavy atom. The summed E-state index contributed by atoms with van der Waals surface area (Å²) in [6, 6.07) is 16.2. The molecule has 1 aliphatic carbocycles. The van der Waals surface area contributed by atoms with Gasteiger partial charge < -0.3 is 29.5 Å². The van der Waals surface area contributed by atoms with Crippen LogP contribution in [0, 0.1) is 5.92 Å². The number of nitrogens with one attached hydrogen (secondary N) is 1. The fraction of sp³-hybridized carbons (Fsp3) is 0.423. The average Bonchev–Trinajstić information content (AvgIpc) is 3.42. The van der Waals surface area contributed by atoms with E-state index in [1.807, 2.05) is 24.3 Å². The summed E-state index contributed by atoms with van der Waals surface area (Å²) in [5.74, 6) is -2.04. The Labute approximate surface area is 204 Å². The molecule has 1 saturated heterocycles. The molecule has 4 rings (SSSR count). The number of amides is 2. The first-order valence-corrected chi connectivity index (χ1v) is 11.8. The molecule has 0 radical (unpaired) electrons. The van der Waals surface area contributed by atoms with Crippen LogP contribution in [0.5, 0.6) is 0 Å². The number of benzene rings is 2. The van der Waals surface area contributed by atoms with Crippen molar-refractivity contribution in [3.8, 4) is 11.1 Å². The number of hydrogen-bond acceptors (Lipinski definition) is 6. The van der Waals surface area contributed by atoms with Crippen LogP contribution in [0.2, 0.25) is 0 Å². The SMILES string of the molecule is CCOC1CN(C(=O)COCCNC(=O)OCC2c3ccccc3-c3ccccc32)CC1C(=O)O. The lowest BCUT2D eigenvalue weighted by atomic mass is 9.98. The number of alkyl carbamates (subject to hydrolysis) is 1. The molecule has 2 unspecified atom stereocenters. The quantitative estimate of drug-likeness (QED) is 0.500. The number of rotatable bonds is 10. The lowest BCUT2D eigenvalue weighted by Crippen LogP contribution is -2.34. The van der Waals surface area contributed by atoms with Gasteiger partial charge >= 0.3 is 12.1 Å². The van der Waals surface area contributed by atoms with E-state index in [0.29, 0.717) is 6.61 Å². The monoisotopic (exact) mass is 482 g/mol. The van der Waals surface area contributed by atoms with Crippen LogP contribution in [0.25, 0.3) is 11.1 Å². The first-order chi connectivity index (χ1) is 17.0. The molecule has 1 heterocycles. The average molecular weight is 483 g/mol. The smallest absolute Gasteiger partial charge is 0.407 e. The fourth-order valence-electron chi connectivity index (χ4n) is 4.72. The predicted molar refractivity (Wildman–Crippen MR) is 127 cm³/mol. The van der Waals surface area contributed by atoms with Gasteiger partial charge in [0.15, 0.2) is 0 Å². The number of fused-ring (bicyclic) bond motifs is 3. The Morgan fingerprint density at radius 1 is 1.03 bits per heavy atom. The van der Waals surface area contributed by atoms with Crippen LogP contribution in [0.15, 0.2) is 48.5 Å². The lowest BCUT2D eigenvalue weighted by molar-refractivity contribution is -0.145. The van der Waals surface area contributed by atoms with Gasteiger partial charge in [0.1, 0.15) is 19.1 Å². The van der Waals surface area contributed by atoms with Gasteiger partial charge in [-0.25, -0.2) is 4.79 Å². The minimum atomic E-state index is -0.980. The van der Waals surface area contributed by atoms with Crippen molar-refractivity contribution in [3.63, 3.8) is 0 Å². The number of carbonyl (C=O) groups is 3. The minimum Gasteiger partial charge on any atom is -0.481 e. The first-order valence-electron chi connectivity index (χ1n) is 11.8. The molecule has 9 nitrogen and oxygen atoms in total. The van der Waals surface area contributed by atoms with Crippen LogP contribution in [0.4, 0.5) is 4.79 Å². The molecule has 9 heteroatoms. The number of carboxylic acid groups (broad SMARTS) is 1. The molecular formula is C26H30N2O7. The van der Waals surface area contributed by atoms with Gasteiger partial charge in [-0.1, -0.05) is 48.5 Å². The van der Waals surface area contributed by atoms with Crippen molar-refractivity contribution in [1.82, 2.24) is 10.2 Å². The number of carbonyl (C=O) groups excluding carboxylic acids is 2. The zero-order valence-electron chi connectivity index (χ0n) is 19.6. The number of likely N-dealkylation sites (tertiary alicyclic amines) is 1. The molecule has 1 aliphatic heterocycles. The maximum Gasteiger partial charge on any atom is 0.407 e. The van der Waals surface area contributed by atoms with Gasteiger partial charge in [0.25, 0.3) is 0 Å². The molecule has 0 saturated carbocycles. The van der Waals surface area contributed by atoms with E-state index < -0.39 is 24.1 Å². The van der Waals surface area contributed by atoms with E-state index in [-0.39, 0.29) is 51.3 Å². The molecular weight excluding hydrogens is 452 g/mol. The summed E-state index contributed by atoms with van der Waals surface area (Å²) in [6.07, 6.45) is -1.07. The third kappa shape index (κ3) is 5.63. The number of aliphatic carboxylic acids is 1. The molecule has 2 aromatic rings. The van der Waals surface area contributed by atoms with Crippen LogP contribution in [-0.4, -0.2) is 80.1 Å². The first kappa shape index (κ1) is 24.7. The molecule has 186 valence electrons. The third-order valence-corrected chi connectivity index (χ3v) is 6.40. The fourth-order valence-corrected chi connectivity index (χ4v) is 4.72. The topological polar surface area (TPSA) is 114 Å². The highest BCUT2D eigenvalue weighted by Crippen LogP contribution is 2.44. The standard InChI is InChI=1S/C26H30N2O7/c1-2-34-23-14-28(13-21(23)25(30)31)24(29)16-33-12-11-27-26(32)35-15-22-19-9-5-3-7-17(19)18-8-4-6-10-20(18)22/h3-10,21-23H,2,11-16H2,1H3,(H,27,32)(H,30,31). The maximum absolute atomic E-state index is 12.4. The summed E-state index contributed by atoms with van der Waals surface area (Å²) in [4.78, 5) is 37.4. The molecule has 2 aliphatic rings. The molecule has 0 bridgehead atoms. The van der Waals surface area contributed by atoms with E-state index in [1.165, 1.54) is 4.90 Å². The van der Waals surface area contributed by atoms with E-state index in [9.17, 15) is 19.5 Å². The third-order valence-electron chi connectivity index (χ3n) is 6.40. The highest BCUT2D eigenvalue weighted by atomic mass is 16.5. The van der Waals surface area contributed by atoms with Crippen molar-refractivity contribution in [2.75, 3.05) is 46.1 Å². The highest BCUT2D eigenvalue weighted by Gasteiger charge is 2.40. The molecule has 0 aromatic heterocycles. The van der Waals surface area contributed by atoms with Crippen molar-refractivity contribution in [1.29, 1.82) is 0 Å². The van der Waals surface area contributed by atoms with E-state index in [4.69, 9.17) is 14.2 Å². The van der Waals surface area contributed by atoms with Gasteiger partial charge in [-0.05, 0) is 29.2 Å². The summed E-state index contributed by atoms with van der Waals surface area (Å²) in [7, 11) is 0. The van der Waals surface area contributed by atoms with Crippen LogP contribution < -0.4 is 5.32 Å². The van der Waals surface area contributed by atoms with Crippen LogP contribution in [-0.2, 0) is 23.8 Å². The molecule has 2 amide bonds. The summed E-state index contributed by atoms with van der Waals surface area (Å²) < 4.78 is 16.3. The summed E-state index contributed by atoms with van der Waals surface area (Å²) in [5.41, 5.74) is 4.61. The number of hydrogen-bond donors (Lipinski definition) is 2. The Morgan fingerprint density at radius 2 is 1.69 bits per heavy atom. The van der Waals surface area contributed by atoms with E-state index in [1.54, 1.807) is 6.92 Å². The highest BCUT2D eigenvalue weighted by molar-refractivity contribution is 5.80. The van der Waals surface area contributed by atoms with Crippen molar-refractivity contribution >= 4 is 18.0 Å². The van der Waals surface area contributed by atoms with Crippen LogP contribution >= 0.6 is 0 Å². The van der Waals surface area contributed by atoms with Crippen molar-refractivity contribution < 1.29 is 33.7 Å². The van der Waals surface area contributed by atoms with Crippen LogP contribution in [0.1, 0.15) is 24.0 Å². The van der Waals surface area contributed by atoms with Gasteiger partial charge in [-0.3, -0.25) is 9.59 Å². The Kier molecular flexibility index (Phi) is 7.99. The molecule has 35 heavy (non-hydrogen) atoms.